The van der Waals surface area contributed by atoms with Crippen LogP contribution in [-0.2, 0) is 14.3 Å². The number of carbonyl (C=O) groups excluding carboxylic acids is 1. The fraction of sp³-hybridized carbons (Fsp3) is 0.545. The molecule has 1 fully saturated rings. The van der Waals surface area contributed by atoms with Gasteiger partial charge in [0.25, 0.3) is 0 Å². The summed E-state index contributed by atoms with van der Waals surface area (Å²) in [5, 5.41) is 57.1. The highest BCUT2D eigenvalue weighted by atomic mass is 16.6. The number of aromatic hydroxyl groups is 2. The van der Waals surface area contributed by atoms with E-state index in [1.54, 1.807) is 0 Å². The molecule has 184 valence electrons. The monoisotopic (exact) mass is 450 g/mol. The Bertz CT molecular complexity index is 688. The van der Waals surface area contributed by atoms with E-state index in [1.165, 1.54) is 24.3 Å². The van der Waals surface area contributed by atoms with E-state index in [-0.39, 0.29) is 56.1 Å². The van der Waals surface area contributed by atoms with Crippen molar-refractivity contribution >= 4 is 18.0 Å². The van der Waals surface area contributed by atoms with Crippen LogP contribution in [-0.4, -0.2) is 66.5 Å². The summed E-state index contributed by atoms with van der Waals surface area (Å²) >= 11 is 0. The number of aliphatic carboxylic acids is 1. The fourth-order valence-corrected chi connectivity index (χ4v) is 2.58. The number of phenolic OH excluding ortho intramolecular Hbond substituents is 2. The van der Waals surface area contributed by atoms with Crippen LogP contribution in [0.4, 0.5) is 0 Å². The van der Waals surface area contributed by atoms with Crippen molar-refractivity contribution in [3.8, 4) is 11.5 Å². The van der Waals surface area contributed by atoms with Gasteiger partial charge in [-0.25, -0.2) is 9.59 Å². The molecule has 1 aromatic carbocycles. The lowest BCUT2D eigenvalue weighted by Gasteiger charge is -2.39. The highest BCUT2D eigenvalue weighted by molar-refractivity contribution is 5.87. The Kier molecular flexibility index (Phi) is 19.1. The van der Waals surface area contributed by atoms with Gasteiger partial charge < -0.3 is 35.4 Å². The molecule has 9 heteroatoms. The molecule has 1 saturated carbocycles. The molecule has 31 heavy (non-hydrogen) atoms. The van der Waals surface area contributed by atoms with Gasteiger partial charge in [-0.3, -0.25) is 0 Å². The lowest BCUT2D eigenvalue weighted by molar-refractivity contribution is -0.196. The summed E-state index contributed by atoms with van der Waals surface area (Å²) in [5.41, 5.74) is -1.90. The van der Waals surface area contributed by atoms with Crippen LogP contribution in [0.15, 0.2) is 24.3 Å². The van der Waals surface area contributed by atoms with Crippen molar-refractivity contribution in [1.29, 1.82) is 0 Å². The third-order valence-electron chi connectivity index (χ3n) is 3.91. The normalized spacial score (nSPS) is 23.8. The molecule has 0 heterocycles. The summed E-state index contributed by atoms with van der Waals surface area (Å²) in [6, 6.07) is 3.86. The number of carboxylic acid groups (broad SMARTS) is 1. The summed E-state index contributed by atoms with van der Waals surface area (Å²) in [5.74, 6) is -3.19. The zero-order valence-electron chi connectivity index (χ0n) is 12.9. The van der Waals surface area contributed by atoms with Crippen molar-refractivity contribution in [3.05, 3.63) is 29.8 Å². The number of hydrogen-bond donors (Lipinski definition) is 6. The average Bonchev–Trinajstić information content (AvgIpc) is 2.52. The molecule has 1 aliphatic carbocycles. The van der Waals surface area contributed by atoms with E-state index >= 15 is 0 Å². The van der Waals surface area contributed by atoms with Gasteiger partial charge in [0.15, 0.2) is 23.2 Å². The lowest BCUT2D eigenvalue weighted by atomic mass is 9.79. The van der Waals surface area contributed by atoms with Crippen LogP contribution in [0.25, 0.3) is 6.08 Å². The van der Waals surface area contributed by atoms with E-state index in [0.717, 1.165) is 6.08 Å². The topological polar surface area (TPSA) is 165 Å². The third kappa shape index (κ3) is 9.37. The quantitative estimate of drug-likeness (QED) is 0.229. The van der Waals surface area contributed by atoms with Gasteiger partial charge in [-0.05, 0) is 23.8 Å². The van der Waals surface area contributed by atoms with E-state index in [2.05, 4.69) is 0 Å². The predicted molar refractivity (Wildman–Crippen MR) is 123 cm³/mol. The van der Waals surface area contributed by atoms with Gasteiger partial charge >= 0.3 is 11.9 Å². The predicted octanol–water partition coefficient (Wildman–Crippen LogP) is 3.17. The van der Waals surface area contributed by atoms with Crippen LogP contribution in [0, 0.1) is 0 Å². The van der Waals surface area contributed by atoms with Crippen molar-refractivity contribution < 1.29 is 45.0 Å². The van der Waals surface area contributed by atoms with Crippen molar-refractivity contribution in [2.75, 3.05) is 0 Å². The minimum atomic E-state index is -2.29. The molecule has 0 spiro atoms. The van der Waals surface area contributed by atoms with Crippen LogP contribution < -0.4 is 0 Å². The van der Waals surface area contributed by atoms with E-state index in [9.17, 15) is 35.1 Å². The van der Waals surface area contributed by atoms with Crippen LogP contribution in [0.5, 0.6) is 11.5 Å². The standard InChI is InChI=1S/C16H18O9.6CH4/c17-9-3-1-8(5-10(9)18)2-4-13(21)25-14-11(19)6-16(24,15(22)23)7-12(14)20;;;;;;/h1-5,11-12,14,17-20,24H,6-7H2,(H,22,23);6*1H4. The Morgan fingerprint density at radius 1 is 0.935 bits per heavy atom. The first-order valence-corrected chi connectivity index (χ1v) is 7.35. The summed E-state index contributed by atoms with van der Waals surface area (Å²) in [7, 11) is 0. The molecule has 2 rings (SSSR count). The molecular formula is C22H42O9. The zero-order chi connectivity index (χ0) is 18.8. The number of rotatable bonds is 4. The Hall–Kier alpha value is -2.62. The number of ether oxygens (including phenoxy) is 1. The van der Waals surface area contributed by atoms with Crippen molar-refractivity contribution in [2.45, 2.75) is 81.3 Å². The number of phenols is 2. The summed E-state index contributed by atoms with van der Waals surface area (Å²) < 4.78 is 4.92. The number of esters is 1. The summed E-state index contributed by atoms with van der Waals surface area (Å²) in [6.45, 7) is 0. The Labute approximate surface area is 186 Å². The maximum atomic E-state index is 11.8. The van der Waals surface area contributed by atoms with Crippen LogP contribution in [0.2, 0.25) is 0 Å². The van der Waals surface area contributed by atoms with Gasteiger partial charge in [0, 0.05) is 18.9 Å². The van der Waals surface area contributed by atoms with Crippen molar-refractivity contribution in [1.82, 2.24) is 0 Å². The fourth-order valence-electron chi connectivity index (χ4n) is 2.58. The summed E-state index contributed by atoms with van der Waals surface area (Å²) in [6.07, 6.45) is -3.43. The highest BCUT2D eigenvalue weighted by Crippen LogP contribution is 2.31. The largest absolute Gasteiger partial charge is 0.504 e. The number of carboxylic acids is 1. The molecule has 0 aromatic heterocycles. The first-order chi connectivity index (χ1) is 11.6. The van der Waals surface area contributed by atoms with Gasteiger partial charge in [-0.2, -0.15) is 0 Å². The van der Waals surface area contributed by atoms with Gasteiger partial charge in [0.2, 0.25) is 0 Å². The minimum absolute atomic E-state index is 0. The van der Waals surface area contributed by atoms with E-state index in [1.807, 2.05) is 0 Å². The highest BCUT2D eigenvalue weighted by Gasteiger charge is 2.50. The van der Waals surface area contributed by atoms with E-state index in [0.29, 0.717) is 5.56 Å². The number of carbonyl (C=O) groups is 2. The van der Waals surface area contributed by atoms with Gasteiger partial charge in [0.1, 0.15) is 0 Å². The second kappa shape index (κ2) is 15.2. The number of hydrogen-bond acceptors (Lipinski definition) is 8. The molecular weight excluding hydrogens is 408 g/mol. The molecule has 2 atom stereocenters. The summed E-state index contributed by atoms with van der Waals surface area (Å²) in [4.78, 5) is 22.8. The van der Waals surface area contributed by atoms with Crippen LogP contribution in [0.3, 0.4) is 0 Å². The first-order valence-electron chi connectivity index (χ1n) is 7.35. The molecule has 0 aliphatic heterocycles. The lowest BCUT2D eigenvalue weighted by Crippen LogP contribution is -2.57. The number of benzene rings is 1. The SMILES string of the molecule is C.C.C.C.C.C.O=C(C=Cc1ccc(O)c(O)c1)OC1C(O)CC(O)(C(=O)O)CC1O. The molecule has 2 unspecified atom stereocenters. The average molecular weight is 451 g/mol. The number of aliphatic hydroxyl groups excluding tert-OH is 2. The third-order valence-corrected chi connectivity index (χ3v) is 3.91. The Morgan fingerprint density at radius 3 is 1.84 bits per heavy atom. The van der Waals surface area contributed by atoms with Gasteiger partial charge in [-0.15, -0.1) is 0 Å². The first kappa shape index (κ1) is 38.9. The number of aliphatic hydroxyl groups is 3. The molecule has 1 aliphatic rings. The van der Waals surface area contributed by atoms with Crippen molar-refractivity contribution in [3.63, 3.8) is 0 Å². The molecule has 6 N–H and O–H groups in total. The molecule has 1 aromatic rings. The van der Waals surface area contributed by atoms with Gasteiger partial charge in [-0.1, -0.05) is 50.6 Å². The van der Waals surface area contributed by atoms with Crippen molar-refractivity contribution in [2.24, 2.45) is 0 Å². The van der Waals surface area contributed by atoms with Crippen LogP contribution in [0.1, 0.15) is 63.0 Å². The molecule has 0 radical (unpaired) electrons. The minimum Gasteiger partial charge on any atom is -0.504 e. The molecule has 0 saturated heterocycles. The second-order valence-corrected chi connectivity index (χ2v) is 5.86. The Morgan fingerprint density at radius 2 is 1.42 bits per heavy atom. The maximum absolute atomic E-state index is 11.8. The molecule has 0 amide bonds. The molecule has 0 bridgehead atoms. The Balaban J connectivity index is -0.000000376. The van der Waals surface area contributed by atoms with Gasteiger partial charge in [0.05, 0.1) is 12.2 Å². The smallest absolute Gasteiger partial charge is 0.335 e. The maximum Gasteiger partial charge on any atom is 0.335 e. The zero-order valence-corrected chi connectivity index (χ0v) is 12.9. The second-order valence-electron chi connectivity index (χ2n) is 5.86. The van der Waals surface area contributed by atoms with E-state index in [4.69, 9.17) is 9.84 Å². The van der Waals surface area contributed by atoms with Crippen LogP contribution >= 0.6 is 0 Å². The molecule has 9 nitrogen and oxygen atoms in total. The van der Waals surface area contributed by atoms with E-state index < -0.39 is 48.7 Å².